The number of hydrogen-bond acceptors (Lipinski definition) is 4. The Morgan fingerprint density at radius 1 is 1.15 bits per heavy atom. The molecule has 0 spiro atoms. The van der Waals surface area contributed by atoms with Crippen molar-refractivity contribution in [1.82, 2.24) is 9.80 Å². The van der Waals surface area contributed by atoms with E-state index in [0.29, 0.717) is 6.04 Å². The monoisotopic (exact) mass is 278 g/mol. The normalized spacial score (nSPS) is 18.9. The lowest BCUT2D eigenvalue weighted by Crippen LogP contribution is -2.50. The zero-order valence-electron chi connectivity index (χ0n) is 12.6. The van der Waals surface area contributed by atoms with Crippen LogP contribution in [0.3, 0.4) is 0 Å². The molecule has 0 bridgehead atoms. The molecule has 1 saturated heterocycles. The quantitative estimate of drug-likeness (QED) is 0.849. The molecule has 20 heavy (non-hydrogen) atoms. The summed E-state index contributed by atoms with van der Waals surface area (Å²) in [5.41, 5.74) is 1.36. The van der Waals surface area contributed by atoms with Crippen LogP contribution in [0.25, 0.3) is 0 Å². The van der Waals surface area contributed by atoms with Crippen LogP contribution in [0, 0.1) is 0 Å². The van der Waals surface area contributed by atoms with Crippen LogP contribution in [0.2, 0.25) is 0 Å². The van der Waals surface area contributed by atoms with E-state index < -0.39 is 0 Å². The Hall–Kier alpha value is -1.10. The van der Waals surface area contributed by atoms with E-state index in [-0.39, 0.29) is 6.61 Å². The standard InChI is InChI=1S/C16H26N2O2/c1-14(13-15-3-5-16(20-2)6-4-15)18-9-7-17(8-10-18)11-12-19/h3-6,14,19H,7-13H2,1-2H3/t14-/m0/s1. The number of aliphatic hydroxyl groups is 1. The summed E-state index contributed by atoms with van der Waals surface area (Å²) < 4.78 is 5.19. The molecule has 0 aliphatic carbocycles. The van der Waals surface area contributed by atoms with Gasteiger partial charge in [-0.1, -0.05) is 12.1 Å². The number of piperazine rings is 1. The molecule has 1 heterocycles. The molecule has 1 aliphatic rings. The number of hydrogen-bond donors (Lipinski definition) is 1. The van der Waals surface area contributed by atoms with Crippen molar-refractivity contribution in [2.24, 2.45) is 0 Å². The Morgan fingerprint density at radius 2 is 1.80 bits per heavy atom. The second kappa shape index (κ2) is 7.62. The number of benzene rings is 1. The summed E-state index contributed by atoms with van der Waals surface area (Å²) in [6.45, 7) is 7.68. The maximum absolute atomic E-state index is 8.97. The SMILES string of the molecule is COc1ccc(C[C@H](C)N2CCN(CCO)CC2)cc1. The summed E-state index contributed by atoms with van der Waals surface area (Å²) >= 11 is 0. The first kappa shape index (κ1) is 15.3. The fourth-order valence-electron chi connectivity index (χ4n) is 2.80. The average molecular weight is 278 g/mol. The Morgan fingerprint density at radius 3 is 2.35 bits per heavy atom. The first-order valence-corrected chi connectivity index (χ1v) is 7.43. The van der Waals surface area contributed by atoms with E-state index in [1.165, 1.54) is 5.56 Å². The topological polar surface area (TPSA) is 35.9 Å². The Kier molecular flexibility index (Phi) is 5.83. The van der Waals surface area contributed by atoms with Gasteiger partial charge >= 0.3 is 0 Å². The van der Waals surface area contributed by atoms with Crippen LogP contribution in [0.5, 0.6) is 5.75 Å². The molecule has 4 heteroatoms. The predicted octanol–water partition coefficient (Wildman–Crippen LogP) is 1.24. The van der Waals surface area contributed by atoms with Crippen LogP contribution < -0.4 is 4.74 Å². The molecule has 0 unspecified atom stereocenters. The fourth-order valence-corrected chi connectivity index (χ4v) is 2.80. The predicted molar refractivity (Wildman–Crippen MR) is 81.3 cm³/mol. The summed E-state index contributed by atoms with van der Waals surface area (Å²) in [5, 5.41) is 8.97. The smallest absolute Gasteiger partial charge is 0.118 e. The molecule has 0 aromatic heterocycles. The Labute approximate surface area is 122 Å². The van der Waals surface area contributed by atoms with Gasteiger partial charge in [-0.15, -0.1) is 0 Å². The molecule has 112 valence electrons. The third-order valence-electron chi connectivity index (χ3n) is 4.14. The van der Waals surface area contributed by atoms with Crippen molar-refractivity contribution in [3.63, 3.8) is 0 Å². The number of nitrogens with zero attached hydrogens (tertiary/aromatic N) is 2. The van der Waals surface area contributed by atoms with E-state index in [2.05, 4.69) is 28.9 Å². The highest BCUT2D eigenvalue weighted by Gasteiger charge is 2.20. The second-order valence-electron chi connectivity index (χ2n) is 5.50. The highest BCUT2D eigenvalue weighted by Crippen LogP contribution is 2.15. The maximum Gasteiger partial charge on any atom is 0.118 e. The number of aliphatic hydroxyl groups excluding tert-OH is 1. The van der Waals surface area contributed by atoms with Gasteiger partial charge in [-0.25, -0.2) is 0 Å². The van der Waals surface area contributed by atoms with Gasteiger partial charge in [0.25, 0.3) is 0 Å². The minimum Gasteiger partial charge on any atom is -0.497 e. The molecular formula is C16H26N2O2. The lowest BCUT2D eigenvalue weighted by molar-refractivity contribution is 0.0888. The van der Waals surface area contributed by atoms with Gasteiger partial charge in [0.1, 0.15) is 5.75 Å². The van der Waals surface area contributed by atoms with E-state index >= 15 is 0 Å². The highest BCUT2D eigenvalue weighted by atomic mass is 16.5. The van der Waals surface area contributed by atoms with Gasteiger partial charge in [-0.2, -0.15) is 0 Å². The number of rotatable bonds is 6. The molecule has 1 aliphatic heterocycles. The largest absolute Gasteiger partial charge is 0.497 e. The summed E-state index contributed by atoms with van der Waals surface area (Å²) in [4.78, 5) is 4.87. The molecule has 1 aromatic rings. The molecule has 2 rings (SSSR count). The number of β-amino-alcohol motifs (C(OH)–C–C–N with tert-alkyl or cyclic N) is 1. The molecule has 4 nitrogen and oxygen atoms in total. The zero-order chi connectivity index (χ0) is 14.4. The van der Waals surface area contributed by atoms with Crippen molar-refractivity contribution in [1.29, 1.82) is 0 Å². The summed E-state index contributed by atoms with van der Waals surface area (Å²) in [7, 11) is 1.70. The average Bonchev–Trinajstić information content (AvgIpc) is 2.49. The number of ether oxygens (including phenoxy) is 1. The third-order valence-corrected chi connectivity index (χ3v) is 4.14. The lowest BCUT2D eigenvalue weighted by atomic mass is 10.1. The van der Waals surface area contributed by atoms with Crippen molar-refractivity contribution in [3.05, 3.63) is 29.8 Å². The molecule has 1 atom stereocenters. The van der Waals surface area contributed by atoms with Crippen LogP contribution in [0.1, 0.15) is 12.5 Å². The van der Waals surface area contributed by atoms with Crippen molar-refractivity contribution in [3.8, 4) is 5.75 Å². The molecule has 1 aromatic carbocycles. The molecule has 1 N–H and O–H groups in total. The minimum absolute atomic E-state index is 0.265. The van der Waals surface area contributed by atoms with E-state index in [1.807, 2.05) is 12.1 Å². The van der Waals surface area contributed by atoms with Gasteiger partial charge in [0.2, 0.25) is 0 Å². The maximum atomic E-state index is 8.97. The summed E-state index contributed by atoms with van der Waals surface area (Å²) in [6, 6.07) is 8.91. The number of methoxy groups -OCH3 is 1. The minimum atomic E-state index is 0.265. The third kappa shape index (κ3) is 4.20. The summed E-state index contributed by atoms with van der Waals surface area (Å²) in [5.74, 6) is 0.916. The van der Waals surface area contributed by atoms with Crippen molar-refractivity contribution >= 4 is 0 Å². The summed E-state index contributed by atoms with van der Waals surface area (Å²) in [6.07, 6.45) is 1.07. The van der Waals surface area contributed by atoms with Crippen LogP contribution >= 0.6 is 0 Å². The van der Waals surface area contributed by atoms with Crippen molar-refractivity contribution < 1.29 is 9.84 Å². The first-order chi connectivity index (χ1) is 9.72. The molecule has 0 radical (unpaired) electrons. The van der Waals surface area contributed by atoms with E-state index in [0.717, 1.165) is 44.9 Å². The Balaban J connectivity index is 1.81. The first-order valence-electron chi connectivity index (χ1n) is 7.43. The highest BCUT2D eigenvalue weighted by molar-refractivity contribution is 5.27. The van der Waals surface area contributed by atoms with Crippen LogP contribution in [0.4, 0.5) is 0 Å². The molecule has 0 saturated carbocycles. The van der Waals surface area contributed by atoms with Gasteiger partial charge in [-0.05, 0) is 31.0 Å². The Bertz CT molecular complexity index is 386. The van der Waals surface area contributed by atoms with E-state index in [9.17, 15) is 0 Å². The van der Waals surface area contributed by atoms with Gasteiger partial charge in [0.15, 0.2) is 0 Å². The lowest BCUT2D eigenvalue weighted by Gasteiger charge is -2.38. The van der Waals surface area contributed by atoms with Crippen LogP contribution in [0.15, 0.2) is 24.3 Å². The van der Waals surface area contributed by atoms with E-state index in [4.69, 9.17) is 9.84 Å². The second-order valence-corrected chi connectivity index (χ2v) is 5.50. The van der Waals surface area contributed by atoms with Gasteiger partial charge < -0.3 is 9.84 Å². The van der Waals surface area contributed by atoms with Gasteiger partial charge in [0, 0.05) is 38.8 Å². The van der Waals surface area contributed by atoms with Crippen LogP contribution in [-0.2, 0) is 6.42 Å². The fraction of sp³-hybridized carbons (Fsp3) is 0.625. The van der Waals surface area contributed by atoms with Gasteiger partial charge in [-0.3, -0.25) is 9.80 Å². The van der Waals surface area contributed by atoms with Gasteiger partial charge in [0.05, 0.1) is 13.7 Å². The molecule has 1 fully saturated rings. The van der Waals surface area contributed by atoms with Crippen molar-refractivity contribution in [2.45, 2.75) is 19.4 Å². The van der Waals surface area contributed by atoms with Crippen molar-refractivity contribution in [2.75, 3.05) is 46.4 Å². The molecule has 0 amide bonds. The van der Waals surface area contributed by atoms with E-state index in [1.54, 1.807) is 7.11 Å². The van der Waals surface area contributed by atoms with Crippen LogP contribution in [-0.4, -0.2) is 67.4 Å². The zero-order valence-corrected chi connectivity index (χ0v) is 12.6. The molecular weight excluding hydrogens is 252 g/mol.